The van der Waals surface area contributed by atoms with Gasteiger partial charge in [0.2, 0.25) is 5.62 Å². The van der Waals surface area contributed by atoms with E-state index in [1.807, 2.05) is 6.92 Å². The van der Waals surface area contributed by atoms with Crippen LogP contribution in [0.25, 0.3) is 0 Å². The summed E-state index contributed by atoms with van der Waals surface area (Å²) in [6.07, 6.45) is -5.21. The number of aromatic nitrogens is 3. The number of aryl methyl sites for hydroxylation is 1. The van der Waals surface area contributed by atoms with Crippen molar-refractivity contribution in [2.45, 2.75) is 32.6 Å². The molecule has 0 atom stereocenters. The van der Waals surface area contributed by atoms with Crippen LogP contribution in [-0.4, -0.2) is 25.2 Å². The van der Waals surface area contributed by atoms with Gasteiger partial charge in [-0.1, -0.05) is 47.5 Å². The predicted molar refractivity (Wildman–Crippen MR) is 114 cm³/mol. The van der Waals surface area contributed by atoms with Gasteiger partial charge in [0, 0.05) is 6.54 Å². The minimum atomic E-state index is -4.73. The van der Waals surface area contributed by atoms with E-state index in [-0.39, 0.29) is 17.9 Å². The van der Waals surface area contributed by atoms with E-state index < -0.39 is 47.1 Å². The Bertz CT molecular complexity index is 1370. The molecule has 2 aromatic carbocycles. The number of rotatable bonds is 6. The molecule has 0 unspecified atom stereocenters. The third-order valence-corrected chi connectivity index (χ3v) is 5.10. The first-order chi connectivity index (χ1) is 15.5. The lowest BCUT2D eigenvalue weighted by Gasteiger charge is -2.12. The van der Waals surface area contributed by atoms with E-state index in [1.54, 1.807) is 24.3 Å². The second-order valence-corrected chi connectivity index (χ2v) is 7.53. The highest BCUT2D eigenvalue weighted by molar-refractivity contribution is 6.33. The smallest absolute Gasteiger partial charge is 0.417 e. The first-order valence-corrected chi connectivity index (χ1v) is 9.97. The number of benzene rings is 2. The van der Waals surface area contributed by atoms with Crippen molar-refractivity contribution in [3.8, 4) is 0 Å². The SMILES string of the molecule is Cc1ccc(Cn2c(=O)n(CCC(=O)O)c(=O)[nH]/c2=N\c2cccc(C(F)(F)F)c2Cl)cc1. The van der Waals surface area contributed by atoms with Crippen molar-refractivity contribution in [3.63, 3.8) is 0 Å². The number of hydrogen-bond acceptors (Lipinski definition) is 4. The van der Waals surface area contributed by atoms with Crippen molar-refractivity contribution in [3.05, 3.63) is 90.8 Å². The molecule has 0 aliphatic carbocycles. The molecule has 0 bridgehead atoms. The van der Waals surface area contributed by atoms with Crippen LogP contribution >= 0.6 is 11.6 Å². The van der Waals surface area contributed by atoms with Crippen LogP contribution in [0.15, 0.2) is 57.0 Å². The van der Waals surface area contributed by atoms with Gasteiger partial charge in [-0.2, -0.15) is 13.2 Å². The van der Waals surface area contributed by atoms with E-state index in [0.717, 1.165) is 22.3 Å². The number of H-pyrrole nitrogens is 1. The van der Waals surface area contributed by atoms with Gasteiger partial charge in [0.05, 0.1) is 29.2 Å². The zero-order chi connectivity index (χ0) is 24.3. The summed E-state index contributed by atoms with van der Waals surface area (Å²) in [5.41, 5.74) is -1.98. The molecule has 3 aromatic rings. The molecule has 2 N–H and O–H groups in total. The summed E-state index contributed by atoms with van der Waals surface area (Å²) in [7, 11) is 0. The van der Waals surface area contributed by atoms with Crippen LogP contribution in [0.3, 0.4) is 0 Å². The van der Waals surface area contributed by atoms with Crippen molar-refractivity contribution in [1.82, 2.24) is 14.1 Å². The quantitative estimate of drug-likeness (QED) is 0.562. The summed E-state index contributed by atoms with van der Waals surface area (Å²) in [5, 5.41) is 8.21. The van der Waals surface area contributed by atoms with E-state index in [2.05, 4.69) is 9.98 Å². The molecule has 0 aliphatic rings. The average molecular weight is 483 g/mol. The monoisotopic (exact) mass is 482 g/mol. The van der Waals surface area contributed by atoms with Crippen molar-refractivity contribution in [2.24, 2.45) is 4.99 Å². The molecule has 1 heterocycles. The number of aliphatic carboxylic acids is 1. The zero-order valence-electron chi connectivity index (χ0n) is 17.2. The second kappa shape index (κ2) is 9.49. The largest absolute Gasteiger partial charge is 0.481 e. The summed E-state index contributed by atoms with van der Waals surface area (Å²) in [6.45, 7) is 1.38. The first kappa shape index (κ1) is 24.1. The molecule has 1 aromatic heterocycles. The minimum Gasteiger partial charge on any atom is -0.481 e. The molecule has 33 heavy (non-hydrogen) atoms. The van der Waals surface area contributed by atoms with Gasteiger partial charge in [0.15, 0.2) is 0 Å². The number of carboxylic acid groups (broad SMARTS) is 1. The number of carboxylic acids is 1. The maximum atomic E-state index is 13.2. The Balaban J connectivity index is 2.24. The third kappa shape index (κ3) is 5.61. The highest BCUT2D eigenvalue weighted by atomic mass is 35.5. The van der Waals surface area contributed by atoms with Crippen LogP contribution in [0, 0.1) is 6.92 Å². The molecule has 0 spiro atoms. The predicted octanol–water partition coefficient (Wildman–Crippen LogP) is 3.07. The summed E-state index contributed by atoms with van der Waals surface area (Å²) < 4.78 is 41.3. The maximum absolute atomic E-state index is 13.2. The van der Waals surface area contributed by atoms with Crippen molar-refractivity contribution < 1.29 is 23.1 Å². The van der Waals surface area contributed by atoms with Gasteiger partial charge in [-0.05, 0) is 24.6 Å². The molecular formula is C21H18ClF3N4O4. The van der Waals surface area contributed by atoms with Crippen LogP contribution in [0.2, 0.25) is 5.02 Å². The van der Waals surface area contributed by atoms with Gasteiger partial charge in [-0.3, -0.25) is 14.3 Å². The van der Waals surface area contributed by atoms with Gasteiger partial charge in [0.1, 0.15) is 0 Å². The fraction of sp³-hybridized carbons (Fsp3) is 0.238. The van der Waals surface area contributed by atoms with Gasteiger partial charge >= 0.3 is 23.5 Å². The van der Waals surface area contributed by atoms with Crippen LogP contribution in [0.4, 0.5) is 18.9 Å². The molecule has 0 fully saturated rings. The van der Waals surface area contributed by atoms with Gasteiger partial charge in [-0.15, -0.1) is 0 Å². The summed E-state index contributed by atoms with van der Waals surface area (Å²) in [6, 6.07) is 10.2. The number of halogens is 4. The van der Waals surface area contributed by atoms with E-state index in [9.17, 15) is 27.6 Å². The Hall–Kier alpha value is -3.60. The fourth-order valence-electron chi connectivity index (χ4n) is 3.00. The second-order valence-electron chi connectivity index (χ2n) is 7.15. The molecule has 0 aliphatic heterocycles. The molecule has 174 valence electrons. The van der Waals surface area contributed by atoms with Gasteiger partial charge in [0.25, 0.3) is 0 Å². The standard InChI is InChI=1S/C21H18ClF3N4O4/c1-12-5-7-13(8-6-12)11-29-18(27-19(32)28(20(29)33)10-9-16(30)31)26-15-4-2-3-14(17(15)22)21(23,24)25/h2-8H,9-11H2,1H3,(H,30,31)(H,26,27,32). The van der Waals surface area contributed by atoms with E-state index >= 15 is 0 Å². The number of nitrogens with zero attached hydrogens (tertiary/aromatic N) is 3. The van der Waals surface area contributed by atoms with E-state index in [0.29, 0.717) is 10.1 Å². The Morgan fingerprint density at radius 3 is 2.39 bits per heavy atom. The molecule has 3 rings (SSSR count). The molecule has 8 nitrogen and oxygen atoms in total. The highest BCUT2D eigenvalue weighted by Crippen LogP contribution is 2.38. The van der Waals surface area contributed by atoms with E-state index in [4.69, 9.17) is 16.7 Å². The number of hydrogen-bond donors (Lipinski definition) is 2. The fourth-order valence-corrected chi connectivity index (χ4v) is 3.28. The maximum Gasteiger partial charge on any atom is 0.417 e. The highest BCUT2D eigenvalue weighted by Gasteiger charge is 2.33. The van der Waals surface area contributed by atoms with Gasteiger partial charge < -0.3 is 5.11 Å². The Labute approximate surface area is 189 Å². The molecular weight excluding hydrogens is 465 g/mol. The lowest BCUT2D eigenvalue weighted by atomic mass is 10.1. The summed E-state index contributed by atoms with van der Waals surface area (Å²) in [5.74, 6) is -1.21. The van der Waals surface area contributed by atoms with Crippen molar-refractivity contribution in [2.75, 3.05) is 0 Å². The average Bonchev–Trinajstić information content (AvgIpc) is 2.72. The zero-order valence-corrected chi connectivity index (χ0v) is 17.9. The minimum absolute atomic E-state index is 0.0849. The molecule has 0 radical (unpaired) electrons. The molecule has 0 amide bonds. The molecule has 0 saturated heterocycles. The number of nitrogens with one attached hydrogen (secondary N) is 1. The summed E-state index contributed by atoms with van der Waals surface area (Å²) in [4.78, 5) is 42.8. The topological polar surface area (TPSA) is 109 Å². The van der Waals surface area contributed by atoms with Gasteiger partial charge in [-0.25, -0.2) is 19.1 Å². The number of carbonyl (C=O) groups is 1. The summed E-state index contributed by atoms with van der Waals surface area (Å²) >= 11 is 5.91. The lowest BCUT2D eigenvalue weighted by Crippen LogP contribution is -2.50. The molecule has 12 heteroatoms. The lowest BCUT2D eigenvalue weighted by molar-refractivity contribution is -0.138. The van der Waals surface area contributed by atoms with Crippen molar-refractivity contribution >= 4 is 23.3 Å². The number of aromatic amines is 1. The van der Waals surface area contributed by atoms with Crippen LogP contribution in [0.5, 0.6) is 0 Å². The Morgan fingerprint density at radius 1 is 1.12 bits per heavy atom. The van der Waals surface area contributed by atoms with Crippen molar-refractivity contribution in [1.29, 1.82) is 0 Å². The first-order valence-electron chi connectivity index (χ1n) is 9.59. The van der Waals surface area contributed by atoms with Crippen LogP contribution in [-0.2, 0) is 24.1 Å². The molecule has 0 saturated carbocycles. The Kier molecular flexibility index (Phi) is 6.92. The number of alkyl halides is 3. The third-order valence-electron chi connectivity index (χ3n) is 4.70. The Morgan fingerprint density at radius 2 is 1.79 bits per heavy atom. The van der Waals surface area contributed by atoms with Crippen LogP contribution < -0.4 is 17.0 Å². The van der Waals surface area contributed by atoms with E-state index in [1.165, 1.54) is 6.07 Å². The van der Waals surface area contributed by atoms with Crippen LogP contribution in [0.1, 0.15) is 23.1 Å². The normalized spacial score (nSPS) is 12.2.